The topological polar surface area (TPSA) is 87.7 Å². The maximum absolute atomic E-state index is 13.1. The molecule has 0 radical (unpaired) electrons. The zero-order valence-corrected chi connectivity index (χ0v) is 18.7. The van der Waals surface area contributed by atoms with Crippen LogP contribution in [0.3, 0.4) is 0 Å². The molecule has 3 aromatic carbocycles. The summed E-state index contributed by atoms with van der Waals surface area (Å²) in [4.78, 5) is 39.5. The Balaban J connectivity index is 1.50. The lowest BCUT2D eigenvalue weighted by Crippen LogP contribution is -2.36. The third-order valence-electron chi connectivity index (χ3n) is 5.30. The van der Waals surface area contributed by atoms with Crippen LogP contribution in [0.4, 0.5) is 11.4 Å². The number of rotatable bonds is 5. The van der Waals surface area contributed by atoms with Crippen LogP contribution in [0.2, 0.25) is 0 Å². The first-order valence-electron chi connectivity index (χ1n) is 10.7. The van der Waals surface area contributed by atoms with Crippen LogP contribution < -0.4 is 20.3 Å². The number of carbonyl (C=O) groups excluding carboxylic acids is 3. The van der Waals surface area contributed by atoms with Crippen LogP contribution in [0.15, 0.2) is 66.7 Å². The zero-order valence-electron chi connectivity index (χ0n) is 18.7. The summed E-state index contributed by atoms with van der Waals surface area (Å²) in [6.45, 7) is 5.63. The van der Waals surface area contributed by atoms with Gasteiger partial charge in [0, 0.05) is 23.4 Å². The van der Waals surface area contributed by atoms with Crippen molar-refractivity contribution in [3.8, 4) is 11.5 Å². The molecule has 0 aliphatic carbocycles. The molecule has 3 amide bonds. The lowest BCUT2D eigenvalue weighted by Gasteiger charge is -2.26. The molecule has 0 atom stereocenters. The van der Waals surface area contributed by atoms with Crippen molar-refractivity contribution in [2.75, 3.05) is 16.8 Å². The molecule has 7 heteroatoms. The largest absolute Gasteiger partial charge is 0.454 e. The number of fused-ring (bicyclic) bond motifs is 2. The second kappa shape index (κ2) is 9.16. The van der Waals surface area contributed by atoms with Crippen LogP contribution in [-0.2, 0) is 4.79 Å². The van der Waals surface area contributed by atoms with E-state index < -0.39 is 0 Å². The minimum Gasteiger partial charge on any atom is -0.454 e. The summed E-state index contributed by atoms with van der Waals surface area (Å²) in [6.07, 6.45) is 0. The predicted octanol–water partition coefficient (Wildman–Crippen LogP) is 4.52. The van der Waals surface area contributed by atoms with E-state index in [2.05, 4.69) is 10.6 Å². The number of nitrogens with zero attached hydrogens (tertiary/aromatic N) is 1. The Kier molecular flexibility index (Phi) is 6.13. The fourth-order valence-electron chi connectivity index (χ4n) is 3.65. The second-order valence-electron chi connectivity index (χ2n) is 8.15. The molecule has 2 N–H and O–H groups in total. The Morgan fingerprint density at radius 2 is 1.70 bits per heavy atom. The maximum Gasteiger partial charge on any atom is 0.262 e. The van der Waals surface area contributed by atoms with Gasteiger partial charge in [0.25, 0.3) is 11.8 Å². The number of aryl methyl sites for hydroxylation is 1. The van der Waals surface area contributed by atoms with Crippen LogP contribution in [0.5, 0.6) is 11.5 Å². The Bertz CT molecular complexity index is 1220. The van der Waals surface area contributed by atoms with Gasteiger partial charge in [-0.25, -0.2) is 0 Å². The monoisotopic (exact) mass is 443 g/mol. The molecule has 0 unspecified atom stereocenters. The third kappa shape index (κ3) is 4.72. The van der Waals surface area contributed by atoms with Crippen molar-refractivity contribution in [2.45, 2.75) is 26.8 Å². The number of anilines is 2. The SMILES string of the molecule is Cc1ccc(C(=O)NCC(=O)Nc2ccc3c(c2)Oc2ccccc2C(=O)N3C(C)C)cc1. The number of para-hydroxylation sites is 1. The van der Waals surface area contributed by atoms with Gasteiger partial charge in [-0.1, -0.05) is 29.8 Å². The van der Waals surface area contributed by atoms with Crippen molar-refractivity contribution < 1.29 is 19.1 Å². The van der Waals surface area contributed by atoms with E-state index in [4.69, 9.17) is 4.74 Å². The highest BCUT2D eigenvalue weighted by atomic mass is 16.5. The number of ether oxygens (including phenoxy) is 1. The smallest absolute Gasteiger partial charge is 0.262 e. The first kappa shape index (κ1) is 22.1. The molecule has 7 nitrogen and oxygen atoms in total. The highest BCUT2D eigenvalue weighted by Crippen LogP contribution is 2.41. The van der Waals surface area contributed by atoms with Crippen LogP contribution in [-0.4, -0.2) is 30.3 Å². The van der Waals surface area contributed by atoms with Gasteiger partial charge < -0.3 is 20.3 Å². The van der Waals surface area contributed by atoms with Crippen molar-refractivity contribution >= 4 is 29.1 Å². The van der Waals surface area contributed by atoms with Gasteiger partial charge in [0.2, 0.25) is 5.91 Å². The highest BCUT2D eigenvalue weighted by Gasteiger charge is 2.30. The Morgan fingerprint density at radius 3 is 2.42 bits per heavy atom. The number of hydrogen-bond acceptors (Lipinski definition) is 4. The lowest BCUT2D eigenvalue weighted by atomic mass is 10.1. The molecule has 1 heterocycles. The van der Waals surface area contributed by atoms with Gasteiger partial charge in [-0.05, 0) is 57.2 Å². The molecular formula is C26H25N3O4. The van der Waals surface area contributed by atoms with E-state index in [1.54, 1.807) is 59.5 Å². The summed E-state index contributed by atoms with van der Waals surface area (Å²) in [6, 6.07) is 19.2. The molecule has 33 heavy (non-hydrogen) atoms. The van der Waals surface area contributed by atoms with Crippen LogP contribution in [0, 0.1) is 6.92 Å². The molecule has 1 aliphatic rings. The summed E-state index contributed by atoms with van der Waals surface area (Å²) in [7, 11) is 0. The zero-order chi connectivity index (χ0) is 23.5. The molecule has 0 fully saturated rings. The van der Waals surface area contributed by atoms with E-state index in [1.165, 1.54) is 0 Å². The minimum absolute atomic E-state index is 0.0940. The van der Waals surface area contributed by atoms with Gasteiger partial charge in [-0.15, -0.1) is 0 Å². The Hall–Kier alpha value is -4.13. The van der Waals surface area contributed by atoms with Crippen molar-refractivity contribution in [1.82, 2.24) is 5.32 Å². The van der Waals surface area contributed by atoms with Crippen molar-refractivity contribution in [1.29, 1.82) is 0 Å². The normalized spacial score (nSPS) is 12.4. The van der Waals surface area contributed by atoms with Gasteiger partial charge in [0.15, 0.2) is 5.75 Å². The van der Waals surface area contributed by atoms with E-state index in [0.717, 1.165) is 5.56 Å². The van der Waals surface area contributed by atoms with Crippen LogP contribution in [0.25, 0.3) is 0 Å². The van der Waals surface area contributed by atoms with Crippen LogP contribution >= 0.6 is 0 Å². The van der Waals surface area contributed by atoms with Gasteiger partial charge in [0.05, 0.1) is 17.8 Å². The fraction of sp³-hybridized carbons (Fsp3) is 0.192. The van der Waals surface area contributed by atoms with E-state index >= 15 is 0 Å². The van der Waals surface area contributed by atoms with E-state index in [1.807, 2.05) is 32.9 Å². The molecule has 0 aromatic heterocycles. The quantitative estimate of drug-likeness (QED) is 0.607. The molecule has 0 bridgehead atoms. The fourth-order valence-corrected chi connectivity index (χ4v) is 3.65. The summed E-state index contributed by atoms with van der Waals surface area (Å²) >= 11 is 0. The van der Waals surface area contributed by atoms with Gasteiger partial charge in [0.1, 0.15) is 5.75 Å². The Labute approximate surface area is 192 Å². The van der Waals surface area contributed by atoms with E-state index in [9.17, 15) is 14.4 Å². The number of carbonyl (C=O) groups is 3. The van der Waals surface area contributed by atoms with Crippen molar-refractivity contribution in [3.63, 3.8) is 0 Å². The van der Waals surface area contributed by atoms with Gasteiger partial charge in [-0.2, -0.15) is 0 Å². The molecule has 0 spiro atoms. The van der Waals surface area contributed by atoms with E-state index in [-0.39, 0.29) is 30.3 Å². The molecule has 0 saturated carbocycles. The highest BCUT2D eigenvalue weighted by molar-refractivity contribution is 6.10. The minimum atomic E-state index is -0.374. The molecular weight excluding hydrogens is 418 g/mol. The summed E-state index contributed by atoms with van der Waals surface area (Å²) in [5.41, 5.74) is 3.14. The molecule has 3 aromatic rings. The third-order valence-corrected chi connectivity index (χ3v) is 5.30. The first-order valence-corrected chi connectivity index (χ1v) is 10.7. The lowest BCUT2D eigenvalue weighted by molar-refractivity contribution is -0.115. The standard InChI is InChI=1S/C26H25N3O4/c1-16(2)29-21-13-12-19(14-23(21)33-22-7-5-4-6-20(22)26(29)32)28-24(30)15-27-25(31)18-10-8-17(3)9-11-18/h4-14,16H,15H2,1-3H3,(H,27,31)(H,28,30). The molecule has 168 valence electrons. The second-order valence-corrected chi connectivity index (χ2v) is 8.15. The van der Waals surface area contributed by atoms with Crippen molar-refractivity contribution in [2.24, 2.45) is 0 Å². The average molecular weight is 444 g/mol. The molecule has 0 saturated heterocycles. The maximum atomic E-state index is 13.1. The van der Waals surface area contributed by atoms with Gasteiger partial charge in [-0.3, -0.25) is 14.4 Å². The Morgan fingerprint density at radius 1 is 0.970 bits per heavy atom. The van der Waals surface area contributed by atoms with Crippen molar-refractivity contribution in [3.05, 3.63) is 83.4 Å². The summed E-state index contributed by atoms with van der Waals surface area (Å²) in [5.74, 6) is 0.0820. The van der Waals surface area contributed by atoms with Crippen LogP contribution in [0.1, 0.15) is 40.1 Å². The van der Waals surface area contributed by atoms with E-state index in [0.29, 0.717) is 34.0 Å². The summed E-state index contributed by atoms with van der Waals surface area (Å²) < 4.78 is 6.06. The average Bonchev–Trinajstić information content (AvgIpc) is 2.91. The number of hydrogen-bond donors (Lipinski definition) is 2. The number of benzene rings is 3. The number of nitrogens with one attached hydrogen (secondary N) is 2. The number of amides is 3. The summed E-state index contributed by atoms with van der Waals surface area (Å²) in [5, 5.41) is 5.39. The molecule has 1 aliphatic heterocycles. The molecule has 4 rings (SSSR count). The predicted molar refractivity (Wildman–Crippen MR) is 127 cm³/mol. The first-order chi connectivity index (χ1) is 15.8. The van der Waals surface area contributed by atoms with Gasteiger partial charge >= 0.3 is 0 Å².